The highest BCUT2D eigenvalue weighted by Crippen LogP contribution is 2.28. The number of non-ortho nitro benzene ring substituents is 1. The molecule has 0 aliphatic carbocycles. The van der Waals surface area contributed by atoms with Crippen molar-refractivity contribution < 1.29 is 18.6 Å². The van der Waals surface area contributed by atoms with E-state index in [2.05, 4.69) is 5.32 Å². The van der Waals surface area contributed by atoms with Crippen molar-refractivity contribution in [3.05, 3.63) is 66.7 Å². The highest BCUT2D eigenvalue weighted by Gasteiger charge is 2.16. The van der Waals surface area contributed by atoms with E-state index in [1.54, 1.807) is 0 Å². The molecule has 122 valence electrons. The standard InChI is InChI=1S/C14H6Cl2N2O6/c15-8-5-7(18(21)22)1-2-10(8)17-13(19)6-3-9(16)12-11(4-6)23-14(20)24-12/h1-5H,(H,17,19). The molecule has 0 aliphatic heterocycles. The zero-order valence-electron chi connectivity index (χ0n) is 11.5. The van der Waals surface area contributed by atoms with Crippen LogP contribution >= 0.6 is 23.2 Å². The van der Waals surface area contributed by atoms with Gasteiger partial charge in [0.25, 0.3) is 11.6 Å². The van der Waals surface area contributed by atoms with Gasteiger partial charge in [-0.1, -0.05) is 23.2 Å². The van der Waals surface area contributed by atoms with Crippen LogP contribution < -0.4 is 11.1 Å². The zero-order chi connectivity index (χ0) is 17.4. The van der Waals surface area contributed by atoms with Crippen LogP contribution in [-0.4, -0.2) is 10.8 Å². The smallest absolute Gasteiger partial charge is 0.391 e. The number of anilines is 1. The number of nitro groups is 1. The van der Waals surface area contributed by atoms with Crippen LogP contribution in [0.4, 0.5) is 11.4 Å². The molecular formula is C14H6Cl2N2O6. The first kappa shape index (κ1) is 16.0. The Bertz CT molecular complexity index is 1040. The summed E-state index contributed by atoms with van der Waals surface area (Å²) in [5.74, 6) is -1.54. The Morgan fingerprint density at radius 1 is 1.12 bits per heavy atom. The van der Waals surface area contributed by atoms with Crippen LogP contribution in [0.1, 0.15) is 10.4 Å². The Balaban J connectivity index is 1.92. The van der Waals surface area contributed by atoms with Gasteiger partial charge in [0.05, 0.1) is 20.7 Å². The van der Waals surface area contributed by atoms with Crippen molar-refractivity contribution >= 4 is 51.6 Å². The summed E-state index contributed by atoms with van der Waals surface area (Å²) < 4.78 is 9.50. The Kier molecular flexibility index (Phi) is 4.00. The lowest BCUT2D eigenvalue weighted by molar-refractivity contribution is -0.384. The molecule has 0 radical (unpaired) electrons. The summed E-state index contributed by atoms with van der Waals surface area (Å²) in [6, 6.07) is 6.18. The number of hydrogen-bond donors (Lipinski definition) is 1. The van der Waals surface area contributed by atoms with Crippen LogP contribution in [-0.2, 0) is 0 Å². The highest BCUT2D eigenvalue weighted by molar-refractivity contribution is 6.35. The molecule has 24 heavy (non-hydrogen) atoms. The van der Waals surface area contributed by atoms with Gasteiger partial charge in [-0.2, -0.15) is 0 Å². The minimum Gasteiger partial charge on any atom is -0.391 e. The van der Waals surface area contributed by atoms with Crippen molar-refractivity contribution in [3.63, 3.8) is 0 Å². The number of rotatable bonds is 3. The van der Waals surface area contributed by atoms with Crippen LogP contribution in [0.25, 0.3) is 11.2 Å². The average molecular weight is 369 g/mol. The van der Waals surface area contributed by atoms with Crippen molar-refractivity contribution in [1.82, 2.24) is 0 Å². The van der Waals surface area contributed by atoms with Gasteiger partial charge in [0.15, 0.2) is 11.2 Å². The molecule has 1 N–H and O–H groups in total. The molecule has 0 atom stereocenters. The van der Waals surface area contributed by atoms with Crippen LogP contribution in [0.15, 0.2) is 44.0 Å². The fraction of sp³-hybridized carbons (Fsp3) is 0. The van der Waals surface area contributed by atoms with Crippen LogP contribution in [0.3, 0.4) is 0 Å². The van der Waals surface area contributed by atoms with Crippen LogP contribution in [0, 0.1) is 10.1 Å². The summed E-state index contributed by atoms with van der Waals surface area (Å²) in [5.41, 5.74) is 0.116. The molecule has 10 heteroatoms. The van der Waals surface area contributed by atoms with Crippen molar-refractivity contribution in [2.24, 2.45) is 0 Å². The van der Waals surface area contributed by atoms with E-state index in [1.807, 2.05) is 0 Å². The number of carbonyl (C=O) groups excluding carboxylic acids is 1. The summed E-state index contributed by atoms with van der Waals surface area (Å²) in [4.78, 5) is 33.4. The third-order valence-electron chi connectivity index (χ3n) is 3.06. The molecule has 0 spiro atoms. The lowest BCUT2D eigenvalue weighted by atomic mass is 10.2. The molecule has 0 fully saturated rings. The normalized spacial score (nSPS) is 10.8. The lowest BCUT2D eigenvalue weighted by Gasteiger charge is -2.07. The summed E-state index contributed by atoms with van der Waals surface area (Å²) in [7, 11) is 0. The summed E-state index contributed by atoms with van der Waals surface area (Å²) in [6.45, 7) is 0. The fourth-order valence-corrected chi connectivity index (χ4v) is 2.45. The Labute approximate surface area is 142 Å². The minimum absolute atomic E-state index is 0.000400. The van der Waals surface area contributed by atoms with Gasteiger partial charge in [0, 0.05) is 17.7 Å². The molecular weight excluding hydrogens is 363 g/mol. The van der Waals surface area contributed by atoms with Gasteiger partial charge >= 0.3 is 5.82 Å². The van der Waals surface area contributed by atoms with Crippen molar-refractivity contribution in [2.45, 2.75) is 0 Å². The second-order valence-corrected chi connectivity index (χ2v) is 5.43. The monoisotopic (exact) mass is 368 g/mol. The topological polar surface area (TPSA) is 116 Å². The number of nitro benzene ring substituents is 1. The van der Waals surface area contributed by atoms with E-state index >= 15 is 0 Å². The number of halogens is 2. The summed E-state index contributed by atoms with van der Waals surface area (Å²) >= 11 is 11.9. The first-order valence-corrected chi connectivity index (χ1v) is 7.09. The molecule has 0 saturated carbocycles. The number of hydrogen-bond acceptors (Lipinski definition) is 6. The molecule has 0 unspecified atom stereocenters. The molecule has 0 saturated heterocycles. The Morgan fingerprint density at radius 2 is 1.88 bits per heavy atom. The molecule has 0 aliphatic rings. The van der Waals surface area contributed by atoms with E-state index < -0.39 is 16.7 Å². The van der Waals surface area contributed by atoms with E-state index in [9.17, 15) is 19.7 Å². The second kappa shape index (κ2) is 5.99. The number of nitrogens with one attached hydrogen (secondary N) is 1. The first-order chi connectivity index (χ1) is 11.3. The minimum atomic E-state index is -0.942. The molecule has 3 aromatic rings. The van der Waals surface area contributed by atoms with Gasteiger partial charge in [0.1, 0.15) is 0 Å². The molecule has 3 rings (SSSR count). The van der Waals surface area contributed by atoms with Crippen molar-refractivity contribution in [3.8, 4) is 0 Å². The van der Waals surface area contributed by atoms with Gasteiger partial charge in [-0.15, -0.1) is 0 Å². The third-order valence-corrected chi connectivity index (χ3v) is 3.66. The predicted octanol–water partition coefficient (Wildman–Crippen LogP) is 3.85. The van der Waals surface area contributed by atoms with Gasteiger partial charge in [-0.3, -0.25) is 14.9 Å². The van der Waals surface area contributed by atoms with E-state index in [4.69, 9.17) is 32.0 Å². The lowest BCUT2D eigenvalue weighted by Crippen LogP contribution is -2.12. The largest absolute Gasteiger partial charge is 0.519 e. The van der Waals surface area contributed by atoms with Gasteiger partial charge in [-0.25, -0.2) is 4.79 Å². The van der Waals surface area contributed by atoms with Gasteiger partial charge < -0.3 is 14.2 Å². The molecule has 8 nitrogen and oxygen atoms in total. The van der Waals surface area contributed by atoms with Crippen LogP contribution in [0.5, 0.6) is 0 Å². The van der Waals surface area contributed by atoms with E-state index in [-0.39, 0.29) is 38.1 Å². The van der Waals surface area contributed by atoms with Gasteiger partial charge in [-0.05, 0) is 18.2 Å². The SMILES string of the molecule is O=C(Nc1ccc([N+](=O)[O-])cc1Cl)c1cc(Cl)c2oc(=O)oc2c1. The molecule has 1 heterocycles. The van der Waals surface area contributed by atoms with E-state index in [1.165, 1.54) is 24.3 Å². The molecule has 1 aromatic heterocycles. The average Bonchev–Trinajstić information content (AvgIpc) is 2.90. The maximum absolute atomic E-state index is 12.3. The highest BCUT2D eigenvalue weighted by atomic mass is 35.5. The fourth-order valence-electron chi connectivity index (χ4n) is 1.98. The zero-order valence-corrected chi connectivity index (χ0v) is 13.1. The Hall–Kier alpha value is -2.84. The second-order valence-electron chi connectivity index (χ2n) is 4.61. The maximum Gasteiger partial charge on any atom is 0.519 e. The maximum atomic E-state index is 12.3. The summed E-state index contributed by atoms with van der Waals surface area (Å²) in [5, 5.41) is 13.2. The number of fused-ring (bicyclic) bond motifs is 1. The van der Waals surface area contributed by atoms with E-state index in [0.29, 0.717) is 0 Å². The number of carbonyl (C=O) groups is 1. The predicted molar refractivity (Wildman–Crippen MR) is 85.8 cm³/mol. The molecule has 1 amide bonds. The van der Waals surface area contributed by atoms with Gasteiger partial charge in [0.2, 0.25) is 0 Å². The third kappa shape index (κ3) is 2.97. The van der Waals surface area contributed by atoms with Crippen LogP contribution in [0.2, 0.25) is 10.0 Å². The van der Waals surface area contributed by atoms with Crippen molar-refractivity contribution in [2.75, 3.05) is 5.32 Å². The molecule has 2 aromatic carbocycles. The summed E-state index contributed by atoms with van der Waals surface area (Å²) in [6.07, 6.45) is 0. The Morgan fingerprint density at radius 3 is 2.54 bits per heavy atom. The number of nitrogens with zero attached hydrogens (tertiary/aromatic N) is 1. The number of amides is 1. The van der Waals surface area contributed by atoms with E-state index in [0.717, 1.165) is 6.07 Å². The molecule has 0 bridgehead atoms. The quantitative estimate of drug-likeness (QED) is 0.554. The first-order valence-electron chi connectivity index (χ1n) is 6.33. The van der Waals surface area contributed by atoms with Crippen molar-refractivity contribution in [1.29, 1.82) is 0 Å². The number of benzene rings is 2.